The van der Waals surface area contributed by atoms with Gasteiger partial charge in [0.2, 0.25) is 0 Å². The third-order valence-electron chi connectivity index (χ3n) is 13.6. The molecule has 0 atom stereocenters. The van der Waals surface area contributed by atoms with Gasteiger partial charge in [0.25, 0.3) is 0 Å². The predicted octanol–water partition coefficient (Wildman–Crippen LogP) is 15.3. The molecule has 8 heteroatoms. The minimum atomic E-state index is -0.0199. The van der Waals surface area contributed by atoms with Crippen LogP contribution in [0.4, 0.5) is 0 Å². The first kappa shape index (κ1) is 59.3. The SMILES string of the molecule is CCCCCC(CCCCC)CCOC(=O)CCCCCCCCCC(CCCCCCCCCC(=O)OCCC(CCCCC)CCCCC)C(=O)OCCCN1CCOCC1. The molecule has 0 spiro atoms. The van der Waals surface area contributed by atoms with Gasteiger partial charge in [-0.1, -0.05) is 207 Å². The molecule has 1 heterocycles. The van der Waals surface area contributed by atoms with E-state index in [1.807, 2.05) is 0 Å². The highest BCUT2D eigenvalue weighted by Gasteiger charge is 2.20. The third-order valence-corrected chi connectivity index (χ3v) is 13.6. The molecule has 372 valence electrons. The van der Waals surface area contributed by atoms with Crippen LogP contribution in [0.3, 0.4) is 0 Å². The lowest BCUT2D eigenvalue weighted by Crippen LogP contribution is -2.37. The van der Waals surface area contributed by atoms with Crippen molar-refractivity contribution in [2.75, 3.05) is 52.7 Å². The van der Waals surface area contributed by atoms with E-state index in [-0.39, 0.29) is 23.8 Å². The van der Waals surface area contributed by atoms with E-state index in [4.69, 9.17) is 18.9 Å². The summed E-state index contributed by atoms with van der Waals surface area (Å²) in [6, 6.07) is 0. The van der Waals surface area contributed by atoms with Crippen LogP contribution in [0.1, 0.15) is 265 Å². The fourth-order valence-corrected chi connectivity index (χ4v) is 9.29. The molecule has 0 unspecified atom stereocenters. The van der Waals surface area contributed by atoms with Gasteiger partial charge in [0.15, 0.2) is 0 Å². The molecule has 0 N–H and O–H groups in total. The second kappa shape index (κ2) is 45.5. The van der Waals surface area contributed by atoms with E-state index in [0.717, 1.165) is 129 Å². The summed E-state index contributed by atoms with van der Waals surface area (Å²) >= 11 is 0. The van der Waals surface area contributed by atoms with E-state index in [0.29, 0.717) is 44.5 Å². The van der Waals surface area contributed by atoms with Crippen molar-refractivity contribution in [3.8, 4) is 0 Å². The molecule has 0 aromatic heterocycles. The minimum absolute atomic E-state index is 0.00256. The summed E-state index contributed by atoms with van der Waals surface area (Å²) in [6.07, 6.45) is 41.9. The predicted molar refractivity (Wildman–Crippen MR) is 264 cm³/mol. The van der Waals surface area contributed by atoms with Gasteiger partial charge in [-0.05, 0) is 56.8 Å². The quantitative estimate of drug-likeness (QED) is 0.0339. The van der Waals surface area contributed by atoms with Crippen molar-refractivity contribution in [3.05, 3.63) is 0 Å². The van der Waals surface area contributed by atoms with Crippen LogP contribution in [0.15, 0.2) is 0 Å². The van der Waals surface area contributed by atoms with Gasteiger partial charge in [0.1, 0.15) is 0 Å². The number of nitrogens with zero attached hydrogens (tertiary/aromatic N) is 1. The van der Waals surface area contributed by atoms with Crippen molar-refractivity contribution in [1.29, 1.82) is 0 Å². The fourth-order valence-electron chi connectivity index (χ4n) is 9.29. The normalized spacial score (nSPS) is 13.4. The standard InChI is InChI=1S/C55H105NO7/c1-5-9-23-32-50(33-24-10-6-2)40-46-61-53(57)38-29-21-17-13-15-19-27-36-52(55(59)63-45-31-42-56-43-48-60-49-44-56)37-28-20-16-14-18-22-30-39-54(58)62-47-41-51(34-25-11-7-3)35-26-12-8-4/h50-52H,5-49H2,1-4H3. The van der Waals surface area contributed by atoms with Crippen LogP contribution in [0.25, 0.3) is 0 Å². The number of morpholine rings is 1. The Hall–Kier alpha value is -1.67. The number of hydrogen-bond donors (Lipinski definition) is 0. The molecule has 0 amide bonds. The van der Waals surface area contributed by atoms with E-state index in [1.165, 1.54) is 128 Å². The summed E-state index contributed by atoms with van der Waals surface area (Å²) < 4.78 is 22.6. The first-order valence-electron chi connectivity index (χ1n) is 27.7. The van der Waals surface area contributed by atoms with Crippen LogP contribution < -0.4 is 0 Å². The van der Waals surface area contributed by atoms with Crippen LogP contribution in [0.5, 0.6) is 0 Å². The molecule has 1 saturated heterocycles. The van der Waals surface area contributed by atoms with Crippen molar-refractivity contribution in [2.45, 2.75) is 265 Å². The highest BCUT2D eigenvalue weighted by molar-refractivity contribution is 5.72. The second-order valence-corrected chi connectivity index (χ2v) is 19.4. The van der Waals surface area contributed by atoms with Crippen molar-refractivity contribution >= 4 is 17.9 Å². The number of rotatable bonds is 47. The second-order valence-electron chi connectivity index (χ2n) is 19.4. The zero-order valence-corrected chi connectivity index (χ0v) is 42.4. The van der Waals surface area contributed by atoms with E-state index >= 15 is 0 Å². The molecule has 8 nitrogen and oxygen atoms in total. The largest absolute Gasteiger partial charge is 0.466 e. The average Bonchev–Trinajstić information content (AvgIpc) is 3.28. The van der Waals surface area contributed by atoms with Crippen molar-refractivity contribution in [3.63, 3.8) is 0 Å². The Kier molecular flexibility index (Phi) is 42.8. The highest BCUT2D eigenvalue weighted by Crippen LogP contribution is 2.24. The molecule has 0 bridgehead atoms. The van der Waals surface area contributed by atoms with Gasteiger partial charge in [-0.2, -0.15) is 0 Å². The maximum Gasteiger partial charge on any atom is 0.308 e. The minimum Gasteiger partial charge on any atom is -0.466 e. The molecule has 0 radical (unpaired) electrons. The van der Waals surface area contributed by atoms with Gasteiger partial charge in [0, 0.05) is 32.5 Å². The van der Waals surface area contributed by atoms with Crippen molar-refractivity contribution in [1.82, 2.24) is 4.90 Å². The average molecular weight is 892 g/mol. The molecule has 1 rings (SSSR count). The Balaban J connectivity index is 2.26. The number of unbranched alkanes of at least 4 members (excludes halogenated alkanes) is 20. The number of hydrogen-bond acceptors (Lipinski definition) is 8. The molecule has 0 saturated carbocycles. The molecule has 0 aliphatic carbocycles. The summed E-state index contributed by atoms with van der Waals surface area (Å²) in [7, 11) is 0. The number of ether oxygens (including phenoxy) is 4. The zero-order chi connectivity index (χ0) is 45.7. The smallest absolute Gasteiger partial charge is 0.308 e. The molecular weight excluding hydrogens is 787 g/mol. The van der Waals surface area contributed by atoms with Crippen LogP contribution in [0, 0.1) is 17.8 Å². The summed E-state index contributed by atoms with van der Waals surface area (Å²) in [5.74, 6) is 1.36. The summed E-state index contributed by atoms with van der Waals surface area (Å²) in [4.78, 5) is 40.4. The van der Waals surface area contributed by atoms with Crippen molar-refractivity contribution < 1.29 is 33.3 Å². The highest BCUT2D eigenvalue weighted by atomic mass is 16.5. The van der Waals surface area contributed by atoms with Gasteiger partial charge < -0.3 is 18.9 Å². The van der Waals surface area contributed by atoms with Crippen LogP contribution >= 0.6 is 0 Å². The van der Waals surface area contributed by atoms with Gasteiger partial charge in [-0.25, -0.2) is 0 Å². The third kappa shape index (κ3) is 38.2. The topological polar surface area (TPSA) is 91.4 Å². The Morgan fingerprint density at radius 2 is 0.778 bits per heavy atom. The first-order chi connectivity index (χ1) is 30.9. The summed E-state index contributed by atoms with van der Waals surface area (Å²) in [6.45, 7) is 15.2. The van der Waals surface area contributed by atoms with Crippen LogP contribution in [0.2, 0.25) is 0 Å². The van der Waals surface area contributed by atoms with Gasteiger partial charge in [-0.15, -0.1) is 0 Å². The Labute approximate surface area is 390 Å². The molecule has 0 aromatic carbocycles. The van der Waals surface area contributed by atoms with Crippen LogP contribution in [-0.4, -0.2) is 75.5 Å². The van der Waals surface area contributed by atoms with Crippen LogP contribution in [-0.2, 0) is 33.3 Å². The van der Waals surface area contributed by atoms with E-state index in [2.05, 4.69) is 32.6 Å². The first-order valence-corrected chi connectivity index (χ1v) is 27.7. The number of esters is 3. The lowest BCUT2D eigenvalue weighted by Gasteiger charge is -2.26. The Morgan fingerprint density at radius 1 is 0.413 bits per heavy atom. The maximum atomic E-state index is 13.3. The zero-order valence-electron chi connectivity index (χ0n) is 42.4. The lowest BCUT2D eigenvalue weighted by atomic mass is 9.92. The van der Waals surface area contributed by atoms with Gasteiger partial charge in [-0.3, -0.25) is 19.3 Å². The lowest BCUT2D eigenvalue weighted by molar-refractivity contribution is -0.149. The molecule has 1 aliphatic rings. The summed E-state index contributed by atoms with van der Waals surface area (Å²) in [5, 5.41) is 0. The molecular formula is C55H105NO7. The molecule has 0 aromatic rings. The van der Waals surface area contributed by atoms with Gasteiger partial charge in [0.05, 0.1) is 39.0 Å². The van der Waals surface area contributed by atoms with E-state index in [1.54, 1.807) is 0 Å². The molecule has 63 heavy (non-hydrogen) atoms. The molecule has 1 fully saturated rings. The Bertz CT molecular complexity index is 937. The van der Waals surface area contributed by atoms with Crippen molar-refractivity contribution in [2.24, 2.45) is 17.8 Å². The van der Waals surface area contributed by atoms with Gasteiger partial charge >= 0.3 is 17.9 Å². The maximum absolute atomic E-state index is 13.3. The Morgan fingerprint density at radius 3 is 1.17 bits per heavy atom. The monoisotopic (exact) mass is 892 g/mol. The van der Waals surface area contributed by atoms with E-state index in [9.17, 15) is 14.4 Å². The number of carbonyl (C=O) groups is 3. The molecule has 1 aliphatic heterocycles. The fraction of sp³-hybridized carbons (Fsp3) is 0.945. The van der Waals surface area contributed by atoms with E-state index < -0.39 is 0 Å². The number of carbonyl (C=O) groups excluding carboxylic acids is 3. The summed E-state index contributed by atoms with van der Waals surface area (Å²) in [5.41, 5.74) is 0.